The Morgan fingerprint density at radius 1 is 1.14 bits per heavy atom. The summed E-state index contributed by atoms with van der Waals surface area (Å²) in [4.78, 5) is 25.4. The molecule has 3 N–H and O–H groups in total. The Morgan fingerprint density at radius 2 is 1.86 bits per heavy atom. The number of aliphatic carboxylic acids is 1. The van der Waals surface area contributed by atoms with Crippen LogP contribution >= 0.6 is 0 Å². The predicted molar refractivity (Wildman–Crippen MR) is 75.9 cm³/mol. The van der Waals surface area contributed by atoms with E-state index in [-0.39, 0.29) is 0 Å². The lowest BCUT2D eigenvalue weighted by molar-refractivity contribution is -0.131. The molecule has 0 radical (unpaired) electrons. The van der Waals surface area contributed by atoms with Gasteiger partial charge < -0.3 is 15.6 Å². The highest BCUT2D eigenvalue weighted by atomic mass is 16.5. The van der Waals surface area contributed by atoms with Crippen LogP contribution in [0.1, 0.15) is 15.9 Å². The van der Waals surface area contributed by atoms with E-state index in [4.69, 9.17) is 15.6 Å². The molecule has 1 aromatic heterocycles. The first-order chi connectivity index (χ1) is 10.0. The minimum atomic E-state index is -1.02. The van der Waals surface area contributed by atoms with Crippen LogP contribution in [0, 0.1) is 0 Å². The number of nitrogens with zero attached hydrogens (tertiary/aromatic N) is 1. The van der Waals surface area contributed by atoms with Gasteiger partial charge in [0.1, 0.15) is 5.75 Å². The Balaban J connectivity index is 2.06. The topological polar surface area (TPSA) is 103 Å². The quantitative estimate of drug-likeness (QED) is 0.818. The number of nitrogens with two attached hydrogens (primary N) is 1. The average Bonchev–Trinajstić information content (AvgIpc) is 2.47. The Labute approximate surface area is 120 Å². The second-order valence-corrected chi connectivity index (χ2v) is 4.09. The van der Waals surface area contributed by atoms with Crippen LogP contribution in [0.5, 0.6) is 11.6 Å². The molecule has 6 heteroatoms. The lowest BCUT2D eigenvalue weighted by Crippen LogP contribution is -2.10. The highest BCUT2D eigenvalue weighted by Crippen LogP contribution is 2.20. The summed E-state index contributed by atoms with van der Waals surface area (Å²) in [6, 6.07) is 9.63. The van der Waals surface area contributed by atoms with Gasteiger partial charge >= 0.3 is 5.97 Å². The van der Waals surface area contributed by atoms with E-state index in [0.717, 1.165) is 6.08 Å². The summed E-state index contributed by atoms with van der Waals surface area (Å²) in [5.41, 5.74) is 6.18. The predicted octanol–water partition coefficient (Wildman–Crippen LogP) is 2.07. The summed E-state index contributed by atoms with van der Waals surface area (Å²) in [6.45, 7) is 0. The van der Waals surface area contributed by atoms with Crippen LogP contribution in [0.25, 0.3) is 6.08 Å². The average molecular weight is 284 g/mol. The molecule has 0 saturated carbocycles. The summed E-state index contributed by atoms with van der Waals surface area (Å²) in [5.74, 6) is -0.658. The lowest BCUT2D eigenvalue weighted by Gasteiger charge is -2.05. The second kappa shape index (κ2) is 6.33. The van der Waals surface area contributed by atoms with Gasteiger partial charge in [-0.15, -0.1) is 0 Å². The lowest BCUT2D eigenvalue weighted by atomic mass is 10.2. The van der Waals surface area contributed by atoms with Crippen molar-refractivity contribution in [2.75, 3.05) is 0 Å². The molecule has 1 heterocycles. The monoisotopic (exact) mass is 284 g/mol. The maximum Gasteiger partial charge on any atom is 0.328 e. The third-order valence-corrected chi connectivity index (χ3v) is 2.54. The van der Waals surface area contributed by atoms with Crippen molar-refractivity contribution in [1.29, 1.82) is 0 Å². The molecule has 2 rings (SSSR count). The molecule has 0 atom stereocenters. The molecule has 0 bridgehead atoms. The Kier molecular flexibility index (Phi) is 4.30. The molecule has 0 unspecified atom stereocenters. The molecule has 1 amide bonds. The molecule has 1 aromatic carbocycles. The van der Waals surface area contributed by atoms with Gasteiger partial charge in [0.15, 0.2) is 0 Å². The van der Waals surface area contributed by atoms with Crippen molar-refractivity contribution in [3.05, 3.63) is 59.8 Å². The van der Waals surface area contributed by atoms with Gasteiger partial charge in [-0.25, -0.2) is 9.78 Å². The molecule has 0 aliphatic carbocycles. The van der Waals surface area contributed by atoms with Crippen LogP contribution < -0.4 is 10.5 Å². The Hall–Kier alpha value is -3.15. The van der Waals surface area contributed by atoms with E-state index in [1.165, 1.54) is 12.3 Å². The van der Waals surface area contributed by atoms with E-state index in [2.05, 4.69) is 4.98 Å². The summed E-state index contributed by atoms with van der Waals surface area (Å²) in [6.07, 6.45) is 3.95. The van der Waals surface area contributed by atoms with E-state index in [1.54, 1.807) is 36.4 Å². The van der Waals surface area contributed by atoms with Crippen LogP contribution in [0.15, 0.2) is 48.7 Å². The van der Waals surface area contributed by atoms with Gasteiger partial charge in [0.2, 0.25) is 11.8 Å². The van der Waals surface area contributed by atoms with Crippen molar-refractivity contribution in [3.63, 3.8) is 0 Å². The number of benzene rings is 1. The highest BCUT2D eigenvalue weighted by Gasteiger charge is 2.02. The largest absolute Gasteiger partial charge is 0.478 e. The summed E-state index contributed by atoms with van der Waals surface area (Å²) >= 11 is 0. The third-order valence-electron chi connectivity index (χ3n) is 2.54. The zero-order valence-corrected chi connectivity index (χ0v) is 10.9. The molecule has 6 nitrogen and oxygen atoms in total. The number of amides is 1. The van der Waals surface area contributed by atoms with Gasteiger partial charge in [0, 0.05) is 23.9 Å². The fourth-order valence-corrected chi connectivity index (χ4v) is 1.53. The molecule has 106 valence electrons. The molecular formula is C15H12N2O4. The third kappa shape index (κ3) is 4.17. The van der Waals surface area contributed by atoms with Gasteiger partial charge in [-0.2, -0.15) is 0 Å². The molecule has 0 spiro atoms. The number of primary amides is 1. The molecule has 2 aromatic rings. The number of pyridine rings is 1. The van der Waals surface area contributed by atoms with Crippen LogP contribution in [0.3, 0.4) is 0 Å². The summed E-state index contributed by atoms with van der Waals surface area (Å²) in [5, 5.41) is 8.52. The molecule has 0 aliphatic rings. The minimum absolute atomic E-state index is 0.356. The SMILES string of the molecule is NC(=O)c1ccc(Oc2ccc(/C=C/C(=O)O)cn2)cc1. The molecule has 0 saturated heterocycles. The van der Waals surface area contributed by atoms with Crippen LogP contribution in [0.4, 0.5) is 0 Å². The van der Waals surface area contributed by atoms with E-state index >= 15 is 0 Å². The maximum atomic E-state index is 10.9. The van der Waals surface area contributed by atoms with E-state index < -0.39 is 11.9 Å². The van der Waals surface area contributed by atoms with E-state index in [1.807, 2.05) is 0 Å². The standard InChI is InChI=1S/C15H12N2O4/c16-15(20)11-3-5-12(6-4-11)21-13-7-1-10(9-17-13)2-8-14(18)19/h1-9H,(H2,16,20)(H,18,19)/b8-2+. The van der Waals surface area contributed by atoms with Crippen molar-refractivity contribution in [1.82, 2.24) is 4.98 Å². The Morgan fingerprint density at radius 3 is 2.38 bits per heavy atom. The second-order valence-electron chi connectivity index (χ2n) is 4.09. The van der Waals surface area contributed by atoms with Gasteiger partial charge in [-0.05, 0) is 42.0 Å². The van der Waals surface area contributed by atoms with Crippen molar-refractivity contribution in [2.24, 2.45) is 5.73 Å². The van der Waals surface area contributed by atoms with Crippen LogP contribution in [-0.2, 0) is 4.79 Å². The van der Waals surface area contributed by atoms with Crippen molar-refractivity contribution < 1.29 is 19.4 Å². The van der Waals surface area contributed by atoms with Crippen LogP contribution in [0.2, 0.25) is 0 Å². The van der Waals surface area contributed by atoms with E-state index in [9.17, 15) is 9.59 Å². The van der Waals surface area contributed by atoms with E-state index in [0.29, 0.717) is 22.8 Å². The minimum Gasteiger partial charge on any atom is -0.478 e. The first-order valence-electron chi connectivity index (χ1n) is 5.99. The normalized spacial score (nSPS) is 10.5. The number of carboxylic acid groups (broad SMARTS) is 1. The van der Waals surface area contributed by atoms with Crippen LogP contribution in [-0.4, -0.2) is 22.0 Å². The van der Waals surface area contributed by atoms with Gasteiger partial charge in [0.05, 0.1) is 0 Å². The number of hydrogen-bond acceptors (Lipinski definition) is 4. The molecule has 0 aliphatic heterocycles. The molecule has 0 fully saturated rings. The maximum absolute atomic E-state index is 10.9. The Bertz CT molecular complexity index is 676. The van der Waals surface area contributed by atoms with Gasteiger partial charge in [-0.3, -0.25) is 4.79 Å². The zero-order chi connectivity index (χ0) is 15.2. The van der Waals surface area contributed by atoms with Gasteiger partial charge in [0.25, 0.3) is 0 Å². The van der Waals surface area contributed by atoms with Crippen molar-refractivity contribution in [3.8, 4) is 11.6 Å². The first-order valence-corrected chi connectivity index (χ1v) is 5.99. The number of rotatable bonds is 5. The fourth-order valence-electron chi connectivity index (χ4n) is 1.53. The number of hydrogen-bond donors (Lipinski definition) is 2. The number of aromatic nitrogens is 1. The zero-order valence-electron chi connectivity index (χ0n) is 10.9. The van der Waals surface area contributed by atoms with Gasteiger partial charge in [-0.1, -0.05) is 0 Å². The number of carbonyl (C=O) groups excluding carboxylic acids is 1. The molecular weight excluding hydrogens is 272 g/mol. The molecule has 21 heavy (non-hydrogen) atoms. The smallest absolute Gasteiger partial charge is 0.328 e. The number of carboxylic acids is 1. The van der Waals surface area contributed by atoms with Crippen molar-refractivity contribution in [2.45, 2.75) is 0 Å². The summed E-state index contributed by atoms with van der Waals surface area (Å²) < 4.78 is 5.49. The highest BCUT2D eigenvalue weighted by molar-refractivity contribution is 5.92. The summed E-state index contributed by atoms with van der Waals surface area (Å²) in [7, 11) is 0. The number of ether oxygens (including phenoxy) is 1. The fraction of sp³-hybridized carbons (Fsp3) is 0. The first kappa shape index (κ1) is 14.3. The number of carbonyl (C=O) groups is 2. The van der Waals surface area contributed by atoms with Crippen molar-refractivity contribution >= 4 is 18.0 Å².